The van der Waals surface area contributed by atoms with Crippen molar-refractivity contribution in [1.82, 2.24) is 9.97 Å². The molecule has 0 saturated carbocycles. The minimum atomic E-state index is 0.833. The van der Waals surface area contributed by atoms with Gasteiger partial charge in [-0.3, -0.25) is 9.97 Å². The lowest BCUT2D eigenvalue weighted by molar-refractivity contribution is 0.415. The highest BCUT2D eigenvalue weighted by Crippen LogP contribution is 2.23. The number of methoxy groups -OCH3 is 1. The van der Waals surface area contributed by atoms with E-state index in [1.165, 1.54) is 0 Å². The molecule has 0 unspecified atom stereocenters. The molecular formula is C13H14N2O. The number of nitrogens with zero attached hydrogens (tertiary/aromatic N) is 2. The summed E-state index contributed by atoms with van der Waals surface area (Å²) in [6, 6.07) is 7.84. The molecule has 0 amide bonds. The molecule has 0 bridgehead atoms. The predicted molar refractivity (Wildman–Crippen MR) is 63.5 cm³/mol. The average molecular weight is 214 g/mol. The molecule has 0 N–H and O–H groups in total. The molecule has 0 atom stereocenters. The first-order valence-corrected chi connectivity index (χ1v) is 5.15. The van der Waals surface area contributed by atoms with Crippen molar-refractivity contribution in [2.45, 2.75) is 13.8 Å². The molecule has 2 rings (SSSR count). The third-order valence-corrected chi connectivity index (χ3v) is 2.41. The fraction of sp³-hybridized carbons (Fsp3) is 0.231. The monoisotopic (exact) mass is 214 g/mol. The Morgan fingerprint density at radius 2 is 2.00 bits per heavy atom. The number of ether oxygens (including phenoxy) is 1. The number of benzene rings is 1. The van der Waals surface area contributed by atoms with Crippen molar-refractivity contribution in [3.63, 3.8) is 0 Å². The minimum absolute atomic E-state index is 0.833. The van der Waals surface area contributed by atoms with Crippen LogP contribution in [0.25, 0.3) is 11.3 Å². The highest BCUT2D eigenvalue weighted by molar-refractivity contribution is 5.63. The van der Waals surface area contributed by atoms with Crippen molar-refractivity contribution in [3.8, 4) is 17.0 Å². The third kappa shape index (κ3) is 2.03. The van der Waals surface area contributed by atoms with E-state index in [1.54, 1.807) is 13.3 Å². The number of hydrogen-bond acceptors (Lipinski definition) is 3. The predicted octanol–water partition coefficient (Wildman–Crippen LogP) is 2.77. The molecule has 16 heavy (non-hydrogen) atoms. The van der Waals surface area contributed by atoms with Gasteiger partial charge in [-0.1, -0.05) is 12.1 Å². The van der Waals surface area contributed by atoms with Crippen LogP contribution in [0.3, 0.4) is 0 Å². The summed E-state index contributed by atoms with van der Waals surface area (Å²) in [6.45, 7) is 3.91. The zero-order valence-electron chi connectivity index (χ0n) is 9.69. The summed E-state index contributed by atoms with van der Waals surface area (Å²) < 4.78 is 5.19. The maximum Gasteiger partial charge on any atom is 0.119 e. The fourth-order valence-electron chi connectivity index (χ4n) is 1.65. The van der Waals surface area contributed by atoms with Crippen LogP contribution >= 0.6 is 0 Å². The van der Waals surface area contributed by atoms with Crippen LogP contribution in [0.5, 0.6) is 5.75 Å². The Labute approximate surface area is 95.1 Å². The summed E-state index contributed by atoms with van der Waals surface area (Å²) in [5, 5.41) is 0. The summed E-state index contributed by atoms with van der Waals surface area (Å²) in [4.78, 5) is 8.81. The van der Waals surface area contributed by atoms with Gasteiger partial charge in [0, 0.05) is 11.8 Å². The molecule has 0 saturated heterocycles. The zero-order chi connectivity index (χ0) is 11.5. The molecule has 0 spiro atoms. The summed E-state index contributed by atoms with van der Waals surface area (Å²) in [6.07, 6.45) is 1.78. The van der Waals surface area contributed by atoms with Crippen molar-refractivity contribution >= 4 is 0 Å². The van der Waals surface area contributed by atoms with Crippen molar-refractivity contribution in [2.75, 3.05) is 7.11 Å². The molecular weight excluding hydrogens is 200 g/mol. The normalized spacial score (nSPS) is 10.2. The number of aryl methyl sites for hydroxylation is 2. The van der Waals surface area contributed by atoms with Crippen molar-refractivity contribution in [3.05, 3.63) is 41.9 Å². The van der Waals surface area contributed by atoms with Gasteiger partial charge in [-0.05, 0) is 26.0 Å². The average Bonchev–Trinajstić information content (AvgIpc) is 2.29. The fourth-order valence-corrected chi connectivity index (χ4v) is 1.65. The second-order valence-corrected chi connectivity index (χ2v) is 3.68. The summed E-state index contributed by atoms with van der Waals surface area (Å²) in [5.74, 6) is 0.833. The molecule has 3 nitrogen and oxygen atoms in total. The smallest absolute Gasteiger partial charge is 0.119 e. The molecule has 0 radical (unpaired) electrons. The Bertz CT molecular complexity index is 509. The van der Waals surface area contributed by atoms with Crippen LogP contribution < -0.4 is 4.74 Å². The molecule has 0 fully saturated rings. The molecule has 0 aliphatic heterocycles. The van der Waals surface area contributed by atoms with Crippen LogP contribution in [0.2, 0.25) is 0 Å². The van der Waals surface area contributed by atoms with Crippen LogP contribution in [0.1, 0.15) is 11.4 Å². The zero-order valence-corrected chi connectivity index (χ0v) is 9.69. The van der Waals surface area contributed by atoms with Crippen LogP contribution in [0.15, 0.2) is 30.5 Å². The minimum Gasteiger partial charge on any atom is -0.497 e. The maximum absolute atomic E-state index is 5.19. The van der Waals surface area contributed by atoms with E-state index in [9.17, 15) is 0 Å². The second kappa shape index (κ2) is 4.31. The van der Waals surface area contributed by atoms with Gasteiger partial charge in [0.25, 0.3) is 0 Å². The Balaban J connectivity index is 2.49. The quantitative estimate of drug-likeness (QED) is 0.771. The number of hydrogen-bond donors (Lipinski definition) is 0. The second-order valence-electron chi connectivity index (χ2n) is 3.68. The highest BCUT2D eigenvalue weighted by Gasteiger charge is 2.05. The number of aromatic nitrogens is 2. The van der Waals surface area contributed by atoms with Gasteiger partial charge in [0.05, 0.1) is 24.2 Å². The molecule has 1 heterocycles. The Morgan fingerprint density at radius 3 is 2.69 bits per heavy atom. The maximum atomic E-state index is 5.19. The van der Waals surface area contributed by atoms with E-state index in [2.05, 4.69) is 9.97 Å². The molecule has 1 aromatic carbocycles. The van der Waals surface area contributed by atoms with E-state index in [4.69, 9.17) is 4.74 Å². The van der Waals surface area contributed by atoms with E-state index in [0.29, 0.717) is 0 Å². The summed E-state index contributed by atoms with van der Waals surface area (Å²) in [5.41, 5.74) is 3.81. The first kappa shape index (κ1) is 10.6. The summed E-state index contributed by atoms with van der Waals surface area (Å²) in [7, 11) is 1.66. The van der Waals surface area contributed by atoms with Gasteiger partial charge in [0.1, 0.15) is 5.75 Å². The standard InChI is InChI=1S/C13H14N2O/c1-9-8-14-13(10(2)15-9)11-5-4-6-12(7-11)16-3/h4-8H,1-3H3. The summed E-state index contributed by atoms with van der Waals surface area (Å²) >= 11 is 0. The van der Waals surface area contributed by atoms with Gasteiger partial charge in [-0.15, -0.1) is 0 Å². The Kier molecular flexibility index (Phi) is 2.86. The largest absolute Gasteiger partial charge is 0.497 e. The van der Waals surface area contributed by atoms with Gasteiger partial charge < -0.3 is 4.74 Å². The van der Waals surface area contributed by atoms with Crippen LogP contribution in [0, 0.1) is 13.8 Å². The molecule has 1 aromatic heterocycles. The van der Waals surface area contributed by atoms with E-state index in [-0.39, 0.29) is 0 Å². The lowest BCUT2D eigenvalue weighted by Gasteiger charge is -2.06. The first-order chi connectivity index (χ1) is 7.70. The first-order valence-electron chi connectivity index (χ1n) is 5.15. The molecule has 3 heteroatoms. The Morgan fingerprint density at radius 1 is 1.19 bits per heavy atom. The lowest BCUT2D eigenvalue weighted by Crippen LogP contribution is -1.94. The van der Waals surface area contributed by atoms with E-state index >= 15 is 0 Å². The van der Waals surface area contributed by atoms with Crippen molar-refractivity contribution in [2.24, 2.45) is 0 Å². The van der Waals surface area contributed by atoms with Gasteiger partial charge in [0.15, 0.2) is 0 Å². The Hall–Kier alpha value is -1.90. The van der Waals surface area contributed by atoms with Crippen molar-refractivity contribution in [1.29, 1.82) is 0 Å². The molecule has 2 aromatic rings. The van der Waals surface area contributed by atoms with Gasteiger partial charge in [0.2, 0.25) is 0 Å². The van der Waals surface area contributed by atoms with Crippen LogP contribution in [0.4, 0.5) is 0 Å². The van der Waals surface area contributed by atoms with Crippen LogP contribution in [-0.2, 0) is 0 Å². The van der Waals surface area contributed by atoms with E-state index in [1.807, 2.05) is 38.1 Å². The highest BCUT2D eigenvalue weighted by atomic mass is 16.5. The van der Waals surface area contributed by atoms with Crippen molar-refractivity contribution < 1.29 is 4.74 Å². The lowest BCUT2D eigenvalue weighted by atomic mass is 10.1. The van der Waals surface area contributed by atoms with E-state index < -0.39 is 0 Å². The van der Waals surface area contributed by atoms with Gasteiger partial charge >= 0.3 is 0 Å². The molecule has 82 valence electrons. The number of rotatable bonds is 2. The van der Waals surface area contributed by atoms with Crippen LogP contribution in [-0.4, -0.2) is 17.1 Å². The van der Waals surface area contributed by atoms with Gasteiger partial charge in [-0.2, -0.15) is 0 Å². The molecule has 0 aliphatic rings. The topological polar surface area (TPSA) is 35.0 Å². The SMILES string of the molecule is COc1cccc(-c2ncc(C)nc2C)c1. The van der Waals surface area contributed by atoms with E-state index in [0.717, 1.165) is 28.4 Å². The molecule has 0 aliphatic carbocycles. The van der Waals surface area contributed by atoms with Gasteiger partial charge in [-0.25, -0.2) is 0 Å². The third-order valence-electron chi connectivity index (χ3n) is 2.41.